The molecule has 0 unspecified atom stereocenters. The number of rotatable bonds is 6. The van der Waals surface area contributed by atoms with Gasteiger partial charge in [0.15, 0.2) is 0 Å². The van der Waals surface area contributed by atoms with Crippen molar-refractivity contribution in [1.82, 2.24) is 0 Å². The molecule has 2 aliphatic rings. The molecular formula is C18H26Zr. The first-order valence-corrected chi connectivity index (χ1v) is 7.38. The molecule has 2 aliphatic carbocycles. The van der Waals surface area contributed by atoms with Gasteiger partial charge in [0.05, 0.1) is 0 Å². The largest absolute Gasteiger partial charge is 2.00 e. The number of allylic oxidation sites excluding steroid dienone is 8. The Morgan fingerprint density at radius 2 is 1.26 bits per heavy atom. The molecule has 0 saturated heterocycles. The van der Waals surface area contributed by atoms with E-state index in [4.69, 9.17) is 0 Å². The van der Waals surface area contributed by atoms with Crippen molar-refractivity contribution < 1.29 is 26.2 Å². The van der Waals surface area contributed by atoms with Gasteiger partial charge in [-0.25, -0.2) is 23.3 Å². The Bertz CT molecular complexity index is 298. The zero-order valence-corrected chi connectivity index (χ0v) is 14.9. The van der Waals surface area contributed by atoms with E-state index in [-0.39, 0.29) is 26.2 Å². The molecular weight excluding hydrogens is 307 g/mol. The van der Waals surface area contributed by atoms with Crippen LogP contribution in [0.5, 0.6) is 0 Å². The van der Waals surface area contributed by atoms with Crippen molar-refractivity contribution in [3.63, 3.8) is 0 Å². The molecule has 0 saturated carbocycles. The van der Waals surface area contributed by atoms with Crippen molar-refractivity contribution >= 4 is 0 Å². The molecule has 0 aliphatic heterocycles. The van der Waals surface area contributed by atoms with Gasteiger partial charge < -0.3 is 0 Å². The number of hydrogen-bond donors (Lipinski definition) is 0. The summed E-state index contributed by atoms with van der Waals surface area (Å²) < 4.78 is 0. The first-order valence-electron chi connectivity index (χ1n) is 7.38. The summed E-state index contributed by atoms with van der Waals surface area (Å²) in [5.74, 6) is 0. The van der Waals surface area contributed by atoms with Crippen LogP contribution in [0, 0.1) is 12.2 Å². The van der Waals surface area contributed by atoms with Crippen LogP contribution < -0.4 is 0 Å². The van der Waals surface area contributed by atoms with Crippen molar-refractivity contribution in [3.8, 4) is 0 Å². The second-order valence-electron chi connectivity index (χ2n) is 4.87. The minimum Gasteiger partial charge on any atom is -0.273 e. The van der Waals surface area contributed by atoms with E-state index in [1.165, 1.54) is 49.7 Å². The maximum atomic E-state index is 3.16. The molecule has 102 valence electrons. The maximum Gasteiger partial charge on any atom is 2.00 e. The van der Waals surface area contributed by atoms with Crippen molar-refractivity contribution in [2.45, 2.75) is 65.2 Å². The zero-order chi connectivity index (χ0) is 13.1. The molecule has 0 atom stereocenters. The first kappa shape index (κ1) is 18.8. The molecule has 0 radical (unpaired) electrons. The van der Waals surface area contributed by atoms with E-state index in [0.29, 0.717) is 0 Å². The summed E-state index contributed by atoms with van der Waals surface area (Å²) in [6.45, 7) is 4.45. The molecule has 0 heterocycles. The summed E-state index contributed by atoms with van der Waals surface area (Å²) in [6, 6.07) is 0. The van der Waals surface area contributed by atoms with E-state index in [1.54, 1.807) is 0 Å². The molecule has 0 aromatic heterocycles. The molecule has 0 N–H and O–H groups in total. The molecule has 0 amide bonds. The summed E-state index contributed by atoms with van der Waals surface area (Å²) in [5.41, 5.74) is 2.97. The summed E-state index contributed by atoms with van der Waals surface area (Å²) >= 11 is 0. The summed E-state index contributed by atoms with van der Waals surface area (Å²) in [5, 5.41) is 0. The molecule has 0 spiro atoms. The molecule has 2 rings (SSSR count). The third kappa shape index (κ3) is 9.39. The topological polar surface area (TPSA) is 0 Å². The average Bonchev–Trinajstić information content (AvgIpc) is 3.07. The molecule has 0 bridgehead atoms. The van der Waals surface area contributed by atoms with E-state index in [0.717, 1.165) is 12.8 Å². The van der Waals surface area contributed by atoms with E-state index < -0.39 is 0 Å². The van der Waals surface area contributed by atoms with Gasteiger partial charge in [0.25, 0.3) is 0 Å². The summed E-state index contributed by atoms with van der Waals surface area (Å²) in [7, 11) is 0. The van der Waals surface area contributed by atoms with Crippen molar-refractivity contribution in [2.24, 2.45) is 0 Å². The van der Waals surface area contributed by atoms with Crippen LogP contribution >= 0.6 is 0 Å². The van der Waals surface area contributed by atoms with Gasteiger partial charge in [-0.1, -0.05) is 52.4 Å². The van der Waals surface area contributed by atoms with Crippen LogP contribution in [0.4, 0.5) is 0 Å². The zero-order valence-electron chi connectivity index (χ0n) is 12.5. The predicted octanol–water partition coefficient (Wildman–Crippen LogP) is 5.73. The van der Waals surface area contributed by atoms with Gasteiger partial charge in [0.2, 0.25) is 0 Å². The van der Waals surface area contributed by atoms with Crippen LogP contribution in [0.2, 0.25) is 0 Å². The van der Waals surface area contributed by atoms with Crippen LogP contribution in [0.25, 0.3) is 0 Å². The van der Waals surface area contributed by atoms with E-state index >= 15 is 0 Å². The monoisotopic (exact) mass is 332 g/mol. The van der Waals surface area contributed by atoms with Gasteiger partial charge >= 0.3 is 26.2 Å². The van der Waals surface area contributed by atoms with Gasteiger partial charge in [-0.15, -0.1) is 12.8 Å². The van der Waals surface area contributed by atoms with Crippen LogP contribution in [0.3, 0.4) is 0 Å². The molecule has 0 aromatic carbocycles. The minimum atomic E-state index is 0. The first-order chi connectivity index (χ1) is 8.86. The molecule has 1 heteroatoms. The van der Waals surface area contributed by atoms with Crippen LogP contribution in [-0.2, 0) is 26.2 Å². The van der Waals surface area contributed by atoms with Gasteiger partial charge in [-0.2, -0.15) is 12.2 Å². The Hall–Kier alpha value is -0.157. The van der Waals surface area contributed by atoms with E-state index in [2.05, 4.69) is 50.3 Å². The SMILES string of the molecule is CCCCC1=CC[C-]=C1.CCCCC1=CC[C-]=C1.[Zr+2]. The minimum absolute atomic E-state index is 0. The summed E-state index contributed by atoms with van der Waals surface area (Å²) in [6.07, 6.45) is 24.9. The summed E-state index contributed by atoms with van der Waals surface area (Å²) in [4.78, 5) is 0. The third-order valence-electron chi connectivity index (χ3n) is 3.18. The van der Waals surface area contributed by atoms with Crippen LogP contribution in [0.1, 0.15) is 65.2 Å². The molecule has 0 nitrogen and oxygen atoms in total. The third-order valence-corrected chi connectivity index (χ3v) is 3.18. The Morgan fingerprint density at radius 1 is 0.842 bits per heavy atom. The smallest absolute Gasteiger partial charge is 0.273 e. The van der Waals surface area contributed by atoms with E-state index in [9.17, 15) is 0 Å². The Morgan fingerprint density at radius 3 is 1.53 bits per heavy atom. The fourth-order valence-corrected chi connectivity index (χ4v) is 1.99. The quantitative estimate of drug-likeness (QED) is 0.545. The Balaban J connectivity index is 0.000000324. The standard InChI is InChI=1S/2C9H13.Zr/c2*1-2-3-6-9-7-4-5-8-9;/h2*7-8H,2-4,6H2,1H3;/q2*-1;+2. The van der Waals surface area contributed by atoms with Crippen molar-refractivity contribution in [2.75, 3.05) is 0 Å². The Kier molecular flexibility index (Phi) is 12.7. The van der Waals surface area contributed by atoms with Crippen LogP contribution in [-0.4, -0.2) is 0 Å². The van der Waals surface area contributed by atoms with Crippen molar-refractivity contribution in [3.05, 3.63) is 47.6 Å². The Labute approximate surface area is 138 Å². The molecule has 0 aromatic rings. The average molecular weight is 334 g/mol. The van der Waals surface area contributed by atoms with Gasteiger partial charge in [0.1, 0.15) is 0 Å². The second-order valence-corrected chi connectivity index (χ2v) is 4.87. The van der Waals surface area contributed by atoms with Gasteiger partial charge in [0, 0.05) is 0 Å². The van der Waals surface area contributed by atoms with Crippen LogP contribution in [0.15, 0.2) is 35.5 Å². The maximum absolute atomic E-state index is 3.16. The normalized spacial score (nSPS) is 15.5. The number of unbranched alkanes of at least 4 members (excludes halogenated alkanes) is 2. The van der Waals surface area contributed by atoms with Gasteiger partial charge in [-0.3, -0.25) is 12.2 Å². The number of hydrogen-bond acceptors (Lipinski definition) is 0. The second kappa shape index (κ2) is 12.9. The van der Waals surface area contributed by atoms with Gasteiger partial charge in [-0.05, 0) is 0 Å². The fraction of sp³-hybridized carbons (Fsp3) is 0.556. The molecule has 0 fully saturated rings. The predicted molar refractivity (Wildman–Crippen MR) is 80.1 cm³/mol. The fourth-order valence-electron chi connectivity index (χ4n) is 1.99. The van der Waals surface area contributed by atoms with Crippen molar-refractivity contribution in [1.29, 1.82) is 0 Å². The molecule has 19 heavy (non-hydrogen) atoms. The van der Waals surface area contributed by atoms with E-state index in [1.807, 2.05) is 0 Å².